The Hall–Kier alpha value is -1.00. The van der Waals surface area contributed by atoms with Gasteiger partial charge in [-0.1, -0.05) is 28.1 Å². The average Bonchev–Trinajstić information content (AvgIpc) is 2.18. The van der Waals surface area contributed by atoms with E-state index in [4.69, 9.17) is 10.5 Å². The SMILES string of the molecule is COc1cc(Br)cc(/C=C/C(C)N)c1O. The first kappa shape index (κ1) is 12.1. The molecule has 0 aliphatic heterocycles. The van der Waals surface area contributed by atoms with Crippen molar-refractivity contribution in [3.8, 4) is 11.5 Å². The third-order valence-electron chi connectivity index (χ3n) is 1.87. The number of phenols is 1. The summed E-state index contributed by atoms with van der Waals surface area (Å²) < 4.78 is 5.88. The van der Waals surface area contributed by atoms with Crippen LogP contribution in [0, 0.1) is 0 Å². The minimum atomic E-state index is -0.0469. The monoisotopic (exact) mass is 271 g/mol. The van der Waals surface area contributed by atoms with Crippen molar-refractivity contribution in [3.05, 3.63) is 28.2 Å². The molecule has 0 spiro atoms. The summed E-state index contributed by atoms with van der Waals surface area (Å²) in [7, 11) is 1.51. The smallest absolute Gasteiger partial charge is 0.165 e. The molecule has 0 amide bonds. The summed E-state index contributed by atoms with van der Waals surface area (Å²) in [5, 5.41) is 9.79. The second kappa shape index (κ2) is 5.19. The summed E-state index contributed by atoms with van der Waals surface area (Å²) in [4.78, 5) is 0. The molecule has 0 bridgehead atoms. The lowest BCUT2D eigenvalue weighted by Gasteiger charge is -2.07. The van der Waals surface area contributed by atoms with E-state index in [-0.39, 0.29) is 11.8 Å². The largest absolute Gasteiger partial charge is 0.504 e. The summed E-state index contributed by atoms with van der Waals surface area (Å²) >= 11 is 3.34. The summed E-state index contributed by atoms with van der Waals surface area (Å²) in [5.41, 5.74) is 6.27. The van der Waals surface area contributed by atoms with Gasteiger partial charge >= 0.3 is 0 Å². The molecule has 15 heavy (non-hydrogen) atoms. The minimum absolute atomic E-state index is 0.0469. The molecule has 1 aromatic rings. The van der Waals surface area contributed by atoms with Crippen molar-refractivity contribution in [2.24, 2.45) is 5.73 Å². The number of hydrogen-bond acceptors (Lipinski definition) is 3. The van der Waals surface area contributed by atoms with Crippen molar-refractivity contribution in [1.82, 2.24) is 0 Å². The Morgan fingerprint density at radius 2 is 2.20 bits per heavy atom. The van der Waals surface area contributed by atoms with Crippen LogP contribution in [0.1, 0.15) is 12.5 Å². The number of nitrogens with two attached hydrogens (primary N) is 1. The van der Waals surface area contributed by atoms with Gasteiger partial charge in [0.15, 0.2) is 11.5 Å². The summed E-state index contributed by atoms with van der Waals surface area (Å²) in [6.07, 6.45) is 3.58. The molecule has 1 atom stereocenters. The van der Waals surface area contributed by atoms with E-state index >= 15 is 0 Å². The number of methoxy groups -OCH3 is 1. The Balaban J connectivity index is 3.12. The van der Waals surface area contributed by atoms with Crippen LogP contribution < -0.4 is 10.5 Å². The molecular weight excluding hydrogens is 258 g/mol. The molecule has 0 radical (unpaired) electrons. The van der Waals surface area contributed by atoms with Crippen molar-refractivity contribution < 1.29 is 9.84 Å². The Morgan fingerprint density at radius 1 is 1.53 bits per heavy atom. The summed E-state index contributed by atoms with van der Waals surface area (Å²) in [6, 6.07) is 3.46. The minimum Gasteiger partial charge on any atom is -0.504 e. The van der Waals surface area contributed by atoms with Gasteiger partial charge in [0.2, 0.25) is 0 Å². The topological polar surface area (TPSA) is 55.5 Å². The van der Waals surface area contributed by atoms with Crippen LogP contribution in [0.5, 0.6) is 11.5 Å². The number of aromatic hydroxyl groups is 1. The molecule has 3 nitrogen and oxygen atoms in total. The molecular formula is C11H14BrNO2. The average molecular weight is 272 g/mol. The number of hydrogen-bond donors (Lipinski definition) is 2. The van der Waals surface area contributed by atoms with E-state index in [0.29, 0.717) is 11.3 Å². The molecule has 1 unspecified atom stereocenters. The zero-order valence-corrected chi connectivity index (χ0v) is 10.3. The quantitative estimate of drug-likeness (QED) is 0.889. The van der Waals surface area contributed by atoms with E-state index in [1.165, 1.54) is 7.11 Å². The first-order valence-electron chi connectivity index (χ1n) is 4.55. The van der Waals surface area contributed by atoms with Crippen LogP contribution in [0.25, 0.3) is 6.08 Å². The lowest BCUT2D eigenvalue weighted by atomic mass is 10.1. The number of halogens is 1. The van der Waals surface area contributed by atoms with E-state index < -0.39 is 0 Å². The van der Waals surface area contributed by atoms with Crippen molar-refractivity contribution in [3.63, 3.8) is 0 Å². The molecule has 0 fully saturated rings. The van der Waals surface area contributed by atoms with Crippen LogP contribution in [0.4, 0.5) is 0 Å². The normalized spacial score (nSPS) is 13.1. The van der Waals surface area contributed by atoms with Crippen molar-refractivity contribution in [1.29, 1.82) is 0 Å². The standard InChI is InChI=1S/C11H14BrNO2/c1-7(13)3-4-8-5-9(12)6-10(15-2)11(8)14/h3-7,14H,13H2,1-2H3/b4-3+. The molecule has 0 aliphatic carbocycles. The van der Waals surface area contributed by atoms with Crippen molar-refractivity contribution in [2.45, 2.75) is 13.0 Å². The molecule has 82 valence electrons. The van der Waals surface area contributed by atoms with Gasteiger partial charge in [-0.15, -0.1) is 0 Å². The van der Waals surface area contributed by atoms with Crippen molar-refractivity contribution >= 4 is 22.0 Å². The highest BCUT2D eigenvalue weighted by atomic mass is 79.9. The number of phenolic OH excluding ortho intramolecular Hbond substituents is 1. The second-order valence-electron chi connectivity index (χ2n) is 3.26. The maximum Gasteiger partial charge on any atom is 0.165 e. The highest BCUT2D eigenvalue weighted by Crippen LogP contribution is 2.34. The molecule has 0 heterocycles. The van der Waals surface area contributed by atoms with Gasteiger partial charge in [-0.2, -0.15) is 0 Å². The van der Waals surface area contributed by atoms with Crippen LogP contribution in [0.15, 0.2) is 22.7 Å². The van der Waals surface area contributed by atoms with Gasteiger partial charge in [-0.05, 0) is 19.1 Å². The van der Waals surface area contributed by atoms with E-state index in [1.807, 2.05) is 6.92 Å². The Morgan fingerprint density at radius 3 is 2.73 bits per heavy atom. The van der Waals surface area contributed by atoms with E-state index in [1.54, 1.807) is 24.3 Å². The predicted octanol–water partition coefficient (Wildman–Crippen LogP) is 2.52. The van der Waals surface area contributed by atoms with Gasteiger partial charge in [0, 0.05) is 16.1 Å². The number of ether oxygens (including phenoxy) is 1. The lowest BCUT2D eigenvalue weighted by Crippen LogP contribution is -2.09. The van der Waals surface area contributed by atoms with Gasteiger partial charge in [0.25, 0.3) is 0 Å². The van der Waals surface area contributed by atoms with Gasteiger partial charge in [-0.25, -0.2) is 0 Å². The Labute approximate surface area is 97.7 Å². The molecule has 4 heteroatoms. The zero-order valence-electron chi connectivity index (χ0n) is 8.70. The van der Waals surface area contributed by atoms with E-state index in [2.05, 4.69) is 15.9 Å². The summed E-state index contributed by atoms with van der Waals surface area (Å²) in [5.74, 6) is 0.561. The fraction of sp³-hybridized carbons (Fsp3) is 0.273. The van der Waals surface area contributed by atoms with Crippen LogP contribution in [0.3, 0.4) is 0 Å². The maximum absolute atomic E-state index is 9.79. The number of benzene rings is 1. The van der Waals surface area contributed by atoms with E-state index in [0.717, 1.165) is 4.47 Å². The van der Waals surface area contributed by atoms with Gasteiger partial charge in [0.05, 0.1) is 7.11 Å². The first-order chi connectivity index (χ1) is 7.04. The van der Waals surface area contributed by atoms with Gasteiger partial charge < -0.3 is 15.6 Å². The third-order valence-corrected chi connectivity index (χ3v) is 2.33. The summed E-state index contributed by atoms with van der Waals surface area (Å²) in [6.45, 7) is 1.86. The zero-order chi connectivity index (χ0) is 11.4. The van der Waals surface area contributed by atoms with Crippen LogP contribution in [-0.4, -0.2) is 18.3 Å². The van der Waals surface area contributed by atoms with Crippen molar-refractivity contribution in [2.75, 3.05) is 7.11 Å². The molecule has 0 saturated heterocycles. The molecule has 0 aliphatic rings. The molecule has 1 aromatic carbocycles. The Kier molecular flexibility index (Phi) is 4.17. The van der Waals surface area contributed by atoms with Crippen LogP contribution in [-0.2, 0) is 0 Å². The lowest BCUT2D eigenvalue weighted by molar-refractivity contribution is 0.372. The first-order valence-corrected chi connectivity index (χ1v) is 5.34. The fourth-order valence-corrected chi connectivity index (χ4v) is 1.59. The van der Waals surface area contributed by atoms with Crippen LogP contribution >= 0.6 is 15.9 Å². The van der Waals surface area contributed by atoms with E-state index in [9.17, 15) is 5.11 Å². The molecule has 0 aromatic heterocycles. The van der Waals surface area contributed by atoms with Gasteiger partial charge in [0.1, 0.15) is 0 Å². The number of rotatable bonds is 3. The predicted molar refractivity (Wildman–Crippen MR) is 65.0 cm³/mol. The molecule has 3 N–H and O–H groups in total. The Bertz CT molecular complexity index is 375. The molecule has 1 rings (SSSR count). The third kappa shape index (κ3) is 3.25. The maximum atomic E-state index is 9.79. The highest BCUT2D eigenvalue weighted by Gasteiger charge is 2.07. The highest BCUT2D eigenvalue weighted by molar-refractivity contribution is 9.10. The fourth-order valence-electron chi connectivity index (χ4n) is 1.13. The van der Waals surface area contributed by atoms with Gasteiger partial charge in [-0.3, -0.25) is 0 Å². The van der Waals surface area contributed by atoms with Crippen LogP contribution in [0.2, 0.25) is 0 Å². The second-order valence-corrected chi connectivity index (χ2v) is 4.18. The molecule has 0 saturated carbocycles.